The van der Waals surface area contributed by atoms with E-state index >= 15 is 0 Å². The molecule has 0 bridgehead atoms. The van der Waals surface area contributed by atoms with Gasteiger partial charge in [0.05, 0.1) is 6.07 Å². The Kier molecular flexibility index (Phi) is 4.28. The Morgan fingerprint density at radius 2 is 2.14 bits per heavy atom. The fourth-order valence-electron chi connectivity index (χ4n) is 2.04. The molecule has 14 heavy (non-hydrogen) atoms. The van der Waals surface area contributed by atoms with Gasteiger partial charge < -0.3 is 5.73 Å². The highest BCUT2D eigenvalue weighted by Gasteiger charge is 2.24. The van der Waals surface area contributed by atoms with Gasteiger partial charge in [0.1, 0.15) is 5.54 Å². The molecule has 0 aromatic carbocycles. The molecular weight excluding hydrogens is 192 g/mol. The molecule has 0 saturated heterocycles. The van der Waals surface area contributed by atoms with Gasteiger partial charge >= 0.3 is 0 Å². The van der Waals surface area contributed by atoms with Crippen molar-refractivity contribution in [2.45, 2.75) is 62.0 Å². The molecule has 1 rings (SSSR count). The highest BCUT2D eigenvalue weighted by Crippen LogP contribution is 2.34. The summed E-state index contributed by atoms with van der Waals surface area (Å²) in [7, 11) is 0. The van der Waals surface area contributed by atoms with Gasteiger partial charge in [0, 0.05) is 10.5 Å². The molecule has 80 valence electrons. The molecular formula is C11H20N2S. The van der Waals surface area contributed by atoms with Crippen LogP contribution in [0.15, 0.2) is 0 Å². The zero-order valence-corrected chi connectivity index (χ0v) is 9.94. The van der Waals surface area contributed by atoms with Crippen molar-refractivity contribution in [1.82, 2.24) is 0 Å². The zero-order chi connectivity index (χ0) is 10.6. The largest absolute Gasteiger partial charge is 0.314 e. The topological polar surface area (TPSA) is 49.8 Å². The molecule has 0 radical (unpaired) electrons. The summed E-state index contributed by atoms with van der Waals surface area (Å²) in [5, 5.41) is 10.1. The molecule has 0 aromatic rings. The Hall–Kier alpha value is -0.200. The lowest BCUT2D eigenvalue weighted by atomic mass is 10.00. The standard InChI is InChI=1S/C11H20N2S/c1-9(7-11(2,13)8-12)14-10-5-3-4-6-10/h9-10H,3-7,13H2,1-2H3. The second-order valence-electron chi connectivity index (χ2n) is 4.59. The Bertz CT molecular complexity index is 214. The van der Waals surface area contributed by atoms with Crippen molar-refractivity contribution in [3.8, 4) is 6.07 Å². The van der Waals surface area contributed by atoms with Gasteiger partial charge in [-0.3, -0.25) is 0 Å². The quantitative estimate of drug-likeness (QED) is 0.779. The van der Waals surface area contributed by atoms with E-state index < -0.39 is 5.54 Å². The van der Waals surface area contributed by atoms with E-state index in [4.69, 9.17) is 11.0 Å². The molecule has 2 nitrogen and oxygen atoms in total. The predicted molar refractivity (Wildman–Crippen MR) is 62.1 cm³/mol. The first-order valence-corrected chi connectivity index (χ1v) is 6.33. The van der Waals surface area contributed by atoms with Crippen LogP contribution in [-0.2, 0) is 0 Å². The second-order valence-corrected chi connectivity index (χ2v) is 6.33. The van der Waals surface area contributed by atoms with Gasteiger partial charge in [-0.25, -0.2) is 0 Å². The maximum Gasteiger partial charge on any atom is 0.102 e. The molecule has 0 aliphatic heterocycles. The lowest BCUT2D eigenvalue weighted by Crippen LogP contribution is -2.36. The van der Waals surface area contributed by atoms with Crippen LogP contribution in [0.25, 0.3) is 0 Å². The molecule has 3 heteroatoms. The van der Waals surface area contributed by atoms with Crippen LogP contribution in [0.5, 0.6) is 0 Å². The normalized spacial score (nSPS) is 24.1. The Balaban J connectivity index is 2.28. The van der Waals surface area contributed by atoms with E-state index in [2.05, 4.69) is 13.0 Å². The summed E-state index contributed by atoms with van der Waals surface area (Å²) >= 11 is 2.02. The molecule has 0 heterocycles. The number of thioether (sulfide) groups is 1. The summed E-state index contributed by atoms with van der Waals surface area (Å²) in [4.78, 5) is 0. The van der Waals surface area contributed by atoms with Crippen LogP contribution < -0.4 is 5.73 Å². The third kappa shape index (κ3) is 3.89. The Morgan fingerprint density at radius 3 is 2.64 bits per heavy atom. The lowest BCUT2D eigenvalue weighted by Gasteiger charge is -2.22. The van der Waals surface area contributed by atoms with Crippen LogP contribution in [0, 0.1) is 11.3 Å². The highest BCUT2D eigenvalue weighted by molar-refractivity contribution is 8.00. The summed E-state index contributed by atoms with van der Waals surface area (Å²) in [5.74, 6) is 0. The first-order valence-electron chi connectivity index (χ1n) is 5.39. The Morgan fingerprint density at radius 1 is 1.57 bits per heavy atom. The summed E-state index contributed by atoms with van der Waals surface area (Å²) in [6.07, 6.45) is 6.25. The van der Waals surface area contributed by atoms with E-state index in [1.54, 1.807) is 0 Å². The zero-order valence-electron chi connectivity index (χ0n) is 9.12. The van der Waals surface area contributed by atoms with E-state index in [-0.39, 0.29) is 0 Å². The second kappa shape index (κ2) is 5.04. The van der Waals surface area contributed by atoms with Gasteiger partial charge in [0.25, 0.3) is 0 Å². The molecule has 0 aromatic heterocycles. The highest BCUT2D eigenvalue weighted by atomic mass is 32.2. The Labute approximate surface area is 91.2 Å². The average molecular weight is 212 g/mol. The number of nitrogens with two attached hydrogens (primary N) is 1. The lowest BCUT2D eigenvalue weighted by molar-refractivity contribution is 0.544. The van der Waals surface area contributed by atoms with Crippen LogP contribution in [-0.4, -0.2) is 16.0 Å². The minimum Gasteiger partial charge on any atom is -0.314 e. The molecule has 2 atom stereocenters. The van der Waals surface area contributed by atoms with Crippen LogP contribution in [0.4, 0.5) is 0 Å². The van der Waals surface area contributed by atoms with Gasteiger partial charge in [0.15, 0.2) is 0 Å². The van der Waals surface area contributed by atoms with Crippen molar-refractivity contribution in [2.24, 2.45) is 5.73 Å². The van der Waals surface area contributed by atoms with Crippen LogP contribution in [0.2, 0.25) is 0 Å². The number of hydrogen-bond donors (Lipinski definition) is 1. The third-order valence-corrected chi connectivity index (χ3v) is 4.18. The van der Waals surface area contributed by atoms with Crippen molar-refractivity contribution in [3.63, 3.8) is 0 Å². The molecule has 2 N–H and O–H groups in total. The van der Waals surface area contributed by atoms with Gasteiger partial charge in [-0.15, -0.1) is 0 Å². The van der Waals surface area contributed by atoms with Crippen molar-refractivity contribution in [2.75, 3.05) is 0 Å². The van der Waals surface area contributed by atoms with Crippen LogP contribution >= 0.6 is 11.8 Å². The van der Waals surface area contributed by atoms with Crippen molar-refractivity contribution in [3.05, 3.63) is 0 Å². The van der Waals surface area contributed by atoms with E-state index in [1.165, 1.54) is 25.7 Å². The summed E-state index contributed by atoms with van der Waals surface area (Å²) in [6.45, 7) is 4.00. The van der Waals surface area contributed by atoms with Crippen molar-refractivity contribution >= 4 is 11.8 Å². The number of nitriles is 1. The van der Waals surface area contributed by atoms with Crippen LogP contribution in [0.1, 0.15) is 46.0 Å². The van der Waals surface area contributed by atoms with Gasteiger partial charge in [-0.1, -0.05) is 19.8 Å². The van der Waals surface area contributed by atoms with E-state index in [1.807, 2.05) is 18.7 Å². The minimum absolute atomic E-state index is 0.507. The fraction of sp³-hybridized carbons (Fsp3) is 0.909. The summed E-state index contributed by atoms with van der Waals surface area (Å²) in [5.41, 5.74) is 5.17. The minimum atomic E-state index is -0.648. The third-order valence-electron chi connectivity index (χ3n) is 2.69. The predicted octanol–water partition coefficient (Wildman–Crippen LogP) is 2.68. The molecule has 2 unspecified atom stereocenters. The summed E-state index contributed by atoms with van der Waals surface area (Å²) in [6, 6.07) is 2.16. The molecule has 1 aliphatic carbocycles. The maximum absolute atomic E-state index is 8.82. The number of nitrogens with zero attached hydrogens (tertiary/aromatic N) is 1. The van der Waals surface area contributed by atoms with Crippen LogP contribution in [0.3, 0.4) is 0 Å². The number of hydrogen-bond acceptors (Lipinski definition) is 3. The fourth-order valence-corrected chi connectivity index (χ4v) is 3.75. The SMILES string of the molecule is CC(CC(C)(N)C#N)SC1CCCC1. The molecule has 1 fully saturated rings. The van der Waals surface area contributed by atoms with Gasteiger partial charge in [0.2, 0.25) is 0 Å². The first-order chi connectivity index (χ1) is 6.53. The van der Waals surface area contributed by atoms with E-state index in [0.29, 0.717) is 5.25 Å². The van der Waals surface area contributed by atoms with Gasteiger partial charge in [-0.2, -0.15) is 17.0 Å². The molecule has 1 aliphatic rings. The summed E-state index contributed by atoms with van der Waals surface area (Å²) < 4.78 is 0. The molecule has 1 saturated carbocycles. The average Bonchev–Trinajstić information content (AvgIpc) is 2.55. The monoisotopic (exact) mass is 212 g/mol. The first kappa shape index (κ1) is 11.9. The van der Waals surface area contributed by atoms with Gasteiger partial charge in [-0.05, 0) is 26.2 Å². The number of rotatable bonds is 4. The molecule has 0 spiro atoms. The van der Waals surface area contributed by atoms with Crippen molar-refractivity contribution in [1.29, 1.82) is 5.26 Å². The molecule has 0 amide bonds. The smallest absolute Gasteiger partial charge is 0.102 e. The van der Waals surface area contributed by atoms with E-state index in [0.717, 1.165) is 11.7 Å². The van der Waals surface area contributed by atoms with Crippen molar-refractivity contribution < 1.29 is 0 Å². The maximum atomic E-state index is 8.82. The van der Waals surface area contributed by atoms with E-state index in [9.17, 15) is 0 Å².